The van der Waals surface area contributed by atoms with Gasteiger partial charge in [0.25, 0.3) is 5.91 Å². The van der Waals surface area contributed by atoms with Crippen LogP contribution in [0, 0.1) is 5.92 Å². The van der Waals surface area contributed by atoms with Crippen LogP contribution in [0.4, 0.5) is 26.3 Å². The van der Waals surface area contributed by atoms with Crippen molar-refractivity contribution in [1.29, 1.82) is 0 Å². The predicted molar refractivity (Wildman–Crippen MR) is 68.8 cm³/mol. The number of alkyl halides is 6. The lowest BCUT2D eigenvalue weighted by atomic mass is 10.1. The fourth-order valence-electron chi connectivity index (χ4n) is 1.87. The maximum absolute atomic E-state index is 12.6. The van der Waals surface area contributed by atoms with Crippen LogP contribution in [0.3, 0.4) is 0 Å². The Kier molecular flexibility index (Phi) is 4.44. The van der Waals surface area contributed by atoms with Gasteiger partial charge in [0.05, 0.1) is 12.1 Å². The molecule has 1 aliphatic rings. The van der Waals surface area contributed by atoms with Crippen molar-refractivity contribution in [2.24, 2.45) is 16.0 Å². The van der Waals surface area contributed by atoms with Crippen molar-refractivity contribution < 1.29 is 31.1 Å². The summed E-state index contributed by atoms with van der Waals surface area (Å²) in [5.74, 6) is -2.70. The first-order valence-electron chi connectivity index (χ1n) is 6.20. The minimum atomic E-state index is -4.80. The fourth-order valence-corrected chi connectivity index (χ4v) is 1.87. The Morgan fingerprint density at radius 2 is 1.87 bits per heavy atom. The van der Waals surface area contributed by atoms with Crippen molar-refractivity contribution in [3.05, 3.63) is 35.4 Å². The topological polar surface area (TPSA) is 53.8 Å². The number of nitrogens with zero attached hydrogens (tertiary/aromatic N) is 2. The summed E-state index contributed by atoms with van der Waals surface area (Å²) in [7, 11) is 0. The third kappa shape index (κ3) is 4.08. The highest BCUT2D eigenvalue weighted by Gasteiger charge is 2.46. The van der Waals surface area contributed by atoms with E-state index in [0.717, 1.165) is 18.3 Å². The van der Waals surface area contributed by atoms with Crippen molar-refractivity contribution in [2.45, 2.75) is 18.9 Å². The molecule has 0 radical (unpaired) electrons. The van der Waals surface area contributed by atoms with Crippen molar-refractivity contribution in [3.8, 4) is 0 Å². The van der Waals surface area contributed by atoms with E-state index < -0.39 is 35.5 Å². The molecule has 1 N–H and O–H groups in total. The number of hydrogen-bond donors (Lipinski definition) is 1. The molecule has 0 aliphatic carbocycles. The molecule has 1 aromatic carbocycles. The predicted octanol–water partition coefficient (Wildman–Crippen LogP) is 2.94. The quantitative estimate of drug-likeness (QED) is 0.669. The molecule has 1 heterocycles. The highest BCUT2D eigenvalue weighted by Crippen LogP contribution is 2.29. The second-order valence-corrected chi connectivity index (χ2v) is 4.64. The molecule has 124 valence electrons. The van der Waals surface area contributed by atoms with E-state index in [-0.39, 0.29) is 12.1 Å². The lowest BCUT2D eigenvalue weighted by molar-refractivity contribution is -0.137. The lowest BCUT2D eigenvalue weighted by Gasteiger charge is -2.09. The zero-order chi connectivity index (χ0) is 17.3. The number of benzene rings is 1. The molecule has 2 rings (SSSR count). The number of nitrogens with one attached hydrogen (secondary N) is 1. The summed E-state index contributed by atoms with van der Waals surface area (Å²) in [6.07, 6.45) is -8.60. The van der Waals surface area contributed by atoms with Gasteiger partial charge in [-0.05, 0) is 17.7 Å². The largest absolute Gasteiger partial charge is 0.432 e. The van der Waals surface area contributed by atoms with Gasteiger partial charge in [-0.25, -0.2) is 5.43 Å². The summed E-state index contributed by atoms with van der Waals surface area (Å²) in [5.41, 5.74) is -0.380. The molecule has 0 spiro atoms. The molecule has 0 bridgehead atoms. The van der Waals surface area contributed by atoms with E-state index in [0.29, 0.717) is 0 Å². The van der Waals surface area contributed by atoms with Gasteiger partial charge < -0.3 is 0 Å². The minimum Gasteiger partial charge on any atom is -0.292 e. The maximum Gasteiger partial charge on any atom is 0.432 e. The first-order chi connectivity index (χ1) is 10.6. The zero-order valence-corrected chi connectivity index (χ0v) is 11.2. The first-order valence-corrected chi connectivity index (χ1v) is 6.20. The smallest absolute Gasteiger partial charge is 0.292 e. The Morgan fingerprint density at radius 3 is 2.48 bits per heavy atom. The average Bonchev–Trinajstić information content (AvgIpc) is 2.80. The SMILES string of the molecule is O=C1NN=C(C(F)(F)F)C1C=NCc1cccc(C(F)(F)F)c1. The molecule has 10 heteroatoms. The summed E-state index contributed by atoms with van der Waals surface area (Å²) in [4.78, 5) is 14.9. The Bertz CT molecular complexity index is 662. The number of hydrogen-bond acceptors (Lipinski definition) is 3. The second-order valence-electron chi connectivity index (χ2n) is 4.64. The first kappa shape index (κ1) is 17.0. The fraction of sp³-hybridized carbons (Fsp3) is 0.308. The van der Waals surface area contributed by atoms with Crippen molar-refractivity contribution >= 4 is 17.8 Å². The molecule has 4 nitrogen and oxygen atoms in total. The van der Waals surface area contributed by atoms with Crippen molar-refractivity contribution in [1.82, 2.24) is 5.43 Å². The summed E-state index contributed by atoms with van der Waals surface area (Å²) in [6.45, 7) is -0.293. The number of halogens is 6. The number of amides is 1. The highest BCUT2D eigenvalue weighted by molar-refractivity contribution is 6.20. The molecular formula is C13H9F6N3O. The van der Waals surface area contributed by atoms with Gasteiger partial charge in [-0.2, -0.15) is 31.4 Å². The van der Waals surface area contributed by atoms with Gasteiger partial charge >= 0.3 is 12.4 Å². The van der Waals surface area contributed by atoms with E-state index in [1.807, 2.05) is 0 Å². The molecule has 0 aromatic heterocycles. The van der Waals surface area contributed by atoms with Gasteiger partial charge in [0.15, 0.2) is 5.71 Å². The highest BCUT2D eigenvalue weighted by atomic mass is 19.4. The zero-order valence-electron chi connectivity index (χ0n) is 11.2. The van der Waals surface area contributed by atoms with Gasteiger partial charge in [-0.3, -0.25) is 9.79 Å². The Hall–Kier alpha value is -2.39. The molecule has 23 heavy (non-hydrogen) atoms. The third-order valence-electron chi connectivity index (χ3n) is 2.94. The van der Waals surface area contributed by atoms with Crippen LogP contribution >= 0.6 is 0 Å². The maximum atomic E-state index is 12.6. The molecular weight excluding hydrogens is 328 g/mol. The minimum absolute atomic E-state index is 0.153. The van der Waals surface area contributed by atoms with Crippen LogP contribution in [0.15, 0.2) is 34.4 Å². The Labute approximate surface area is 125 Å². The normalized spacial score (nSPS) is 19.1. The number of carbonyl (C=O) groups excluding carboxylic acids is 1. The molecule has 0 fully saturated rings. The molecule has 1 aromatic rings. The standard InChI is InChI=1S/C13H9F6N3O/c14-12(15,16)8-3-1-2-7(4-8)5-20-6-9-10(13(17,18)19)21-22-11(9)23/h1-4,6,9H,5H2,(H,22,23). The summed E-state index contributed by atoms with van der Waals surface area (Å²) < 4.78 is 75.4. The van der Waals surface area contributed by atoms with E-state index in [1.165, 1.54) is 12.1 Å². The van der Waals surface area contributed by atoms with Gasteiger partial charge in [-0.1, -0.05) is 12.1 Å². The van der Waals surface area contributed by atoms with Crippen LogP contribution in [-0.2, 0) is 17.5 Å². The van der Waals surface area contributed by atoms with Crippen molar-refractivity contribution in [3.63, 3.8) is 0 Å². The van der Waals surface area contributed by atoms with E-state index in [4.69, 9.17) is 0 Å². The van der Waals surface area contributed by atoms with Gasteiger partial charge in [0, 0.05) is 6.21 Å². The summed E-state index contributed by atoms with van der Waals surface area (Å²) in [6, 6.07) is 4.22. The van der Waals surface area contributed by atoms with E-state index in [1.54, 1.807) is 5.43 Å². The number of hydrazone groups is 1. The van der Waals surface area contributed by atoms with Crippen LogP contribution in [0.1, 0.15) is 11.1 Å². The van der Waals surface area contributed by atoms with Crippen LogP contribution in [-0.4, -0.2) is 24.0 Å². The summed E-state index contributed by atoms with van der Waals surface area (Å²) in [5, 5.41) is 2.89. The van der Waals surface area contributed by atoms with Crippen LogP contribution < -0.4 is 5.43 Å². The van der Waals surface area contributed by atoms with Crippen LogP contribution in [0.25, 0.3) is 0 Å². The third-order valence-corrected chi connectivity index (χ3v) is 2.94. The molecule has 1 atom stereocenters. The molecule has 1 amide bonds. The van der Waals surface area contributed by atoms with Gasteiger partial charge in [0.1, 0.15) is 5.92 Å². The van der Waals surface area contributed by atoms with E-state index in [2.05, 4.69) is 10.1 Å². The lowest BCUT2D eigenvalue weighted by Crippen LogP contribution is -2.33. The molecule has 0 saturated heterocycles. The van der Waals surface area contributed by atoms with E-state index in [9.17, 15) is 31.1 Å². The average molecular weight is 337 g/mol. The molecule has 1 unspecified atom stereocenters. The van der Waals surface area contributed by atoms with Crippen LogP contribution in [0.2, 0.25) is 0 Å². The van der Waals surface area contributed by atoms with E-state index >= 15 is 0 Å². The molecule has 1 aliphatic heterocycles. The Balaban J connectivity index is 2.10. The monoisotopic (exact) mass is 337 g/mol. The van der Waals surface area contributed by atoms with Crippen LogP contribution in [0.5, 0.6) is 0 Å². The van der Waals surface area contributed by atoms with Gasteiger partial charge in [-0.15, -0.1) is 0 Å². The number of rotatable bonds is 3. The number of carbonyl (C=O) groups is 1. The van der Waals surface area contributed by atoms with Gasteiger partial charge in [0.2, 0.25) is 0 Å². The summed E-state index contributed by atoms with van der Waals surface area (Å²) >= 11 is 0. The number of aliphatic imine (C=N–C) groups is 1. The molecule has 0 saturated carbocycles. The second kappa shape index (κ2) is 6.01. The Morgan fingerprint density at radius 1 is 1.17 bits per heavy atom. The van der Waals surface area contributed by atoms with Crippen molar-refractivity contribution in [2.75, 3.05) is 0 Å².